The number of amides is 3. The van der Waals surface area contributed by atoms with Crippen LogP contribution < -0.4 is 16.0 Å². The quantitative estimate of drug-likeness (QED) is 0.0425. The second kappa shape index (κ2) is 42.1. The summed E-state index contributed by atoms with van der Waals surface area (Å²) in [5.74, 6) is 1.54. The number of nitrogens with zero attached hydrogens (tertiary/aromatic N) is 5. The number of carbonyl (C=O) groups is 2. The van der Waals surface area contributed by atoms with Gasteiger partial charge >= 0.3 is 6.03 Å². The number of unbranched alkanes of at least 4 members (excludes halogenated alkanes) is 1. The molecule has 3 N–H and O–H groups in total. The first-order valence-corrected chi connectivity index (χ1v) is 32.3. The second-order valence-electron chi connectivity index (χ2n) is 21.1. The van der Waals surface area contributed by atoms with E-state index in [0.29, 0.717) is 189 Å². The molecule has 4 aliphatic rings. The lowest BCUT2D eigenvalue weighted by Crippen LogP contribution is -2.53. The average molecular weight is 1260 g/mol. The highest BCUT2D eigenvalue weighted by atomic mass is 35.5. The number of carbonyl (C=O) groups excluding carboxylic acids is 2. The van der Waals surface area contributed by atoms with Crippen LogP contribution >= 0.6 is 47.1 Å². The van der Waals surface area contributed by atoms with Gasteiger partial charge in [-0.2, -0.15) is 11.8 Å². The fraction of sp³-hybridized carbons (Fsp3) is 0.776. The van der Waals surface area contributed by atoms with Crippen LogP contribution in [0, 0.1) is 13.8 Å². The molecule has 3 aliphatic heterocycles. The Labute approximate surface area is 516 Å². The van der Waals surface area contributed by atoms with E-state index in [0.717, 1.165) is 74.4 Å². The van der Waals surface area contributed by atoms with Crippen LogP contribution in [0.2, 0.25) is 5.02 Å². The van der Waals surface area contributed by atoms with Crippen LogP contribution in [-0.2, 0) is 74.6 Å². The molecule has 1 saturated carbocycles. The number of benzene rings is 1. The summed E-state index contributed by atoms with van der Waals surface area (Å²) in [7, 11) is 0. The zero-order valence-corrected chi connectivity index (χ0v) is 52.6. The topological polar surface area (TPSA) is 228 Å². The van der Waals surface area contributed by atoms with E-state index in [1.165, 1.54) is 21.1 Å². The van der Waals surface area contributed by atoms with Gasteiger partial charge in [0.25, 0.3) is 0 Å². The van der Waals surface area contributed by atoms with E-state index in [-0.39, 0.29) is 48.6 Å². The van der Waals surface area contributed by atoms with Crippen molar-refractivity contribution >= 4 is 59.0 Å². The molecule has 0 unspecified atom stereocenters. The Hall–Kier alpha value is -2.86. The predicted octanol–water partition coefficient (Wildman–Crippen LogP) is 6.16. The van der Waals surface area contributed by atoms with E-state index in [2.05, 4.69) is 57.1 Å². The highest BCUT2D eigenvalue weighted by Gasteiger charge is 2.43. The molecule has 3 aromatic rings. The number of aromatic nitrogens is 4. The Morgan fingerprint density at radius 3 is 1.79 bits per heavy atom. The van der Waals surface area contributed by atoms with Crippen LogP contribution in [0.4, 0.5) is 4.79 Å². The summed E-state index contributed by atoms with van der Waals surface area (Å²) in [6.07, 6.45) is 10.7. The Kier molecular flexibility index (Phi) is 35.2. The summed E-state index contributed by atoms with van der Waals surface area (Å²) in [5.41, 5.74) is 3.30. The third-order valence-corrected chi connectivity index (χ3v) is 18.0. The van der Waals surface area contributed by atoms with Crippen molar-refractivity contribution in [3.63, 3.8) is 0 Å². The maximum absolute atomic E-state index is 12.1. The highest BCUT2D eigenvalue weighted by Crippen LogP contribution is 2.40. The number of hydrogen-bond donors (Lipinski definition) is 3. The number of urea groups is 1. The van der Waals surface area contributed by atoms with Crippen LogP contribution in [0.3, 0.4) is 0 Å². The average Bonchev–Trinajstić information content (AvgIpc) is 4.14. The molecule has 4 fully saturated rings. The van der Waals surface area contributed by atoms with Gasteiger partial charge < -0.3 is 72.8 Å². The number of fused-ring (bicyclic) bond motifs is 1. The fourth-order valence-electron chi connectivity index (χ4n) is 10.4. The molecule has 1 aliphatic carbocycles. The molecule has 26 heteroatoms. The third kappa shape index (κ3) is 26.9. The smallest absolute Gasteiger partial charge is 0.315 e. The van der Waals surface area contributed by atoms with E-state index in [9.17, 15) is 9.59 Å². The first-order valence-electron chi connectivity index (χ1n) is 30.0. The maximum Gasteiger partial charge on any atom is 0.315 e. The molecule has 476 valence electrons. The number of nitrogens with one attached hydrogen (secondary N) is 3. The van der Waals surface area contributed by atoms with Gasteiger partial charge in [0, 0.05) is 58.4 Å². The SMILES string of the molecule is Cc1nc(C2CCC(N3C[C@H](c4cn(CCOCCOCCOCCOCCOCCOCCOCCOCCOCCOCCOCCNC(=O)CCCC[C@@H]5SC[C@@H]6NC(=O)N[C@@H]65)nn4)OC[C@@H]3Cc3ccc(Cl)cc3)CC2)sc1C.Cl. The van der Waals surface area contributed by atoms with Gasteiger partial charge in [-0.3, -0.25) is 9.69 Å². The number of aryl methyl sites for hydroxylation is 2. The van der Waals surface area contributed by atoms with Gasteiger partial charge in [-0.15, -0.1) is 28.8 Å². The Bertz CT molecular complexity index is 2200. The maximum atomic E-state index is 12.1. The van der Waals surface area contributed by atoms with E-state index in [1.807, 2.05) is 46.1 Å². The first-order chi connectivity index (χ1) is 40.8. The Balaban J connectivity index is 0.0000113. The number of ether oxygens (including phenoxy) is 12. The summed E-state index contributed by atoms with van der Waals surface area (Å²) in [6, 6.07) is 9.36. The van der Waals surface area contributed by atoms with Crippen LogP contribution in [0.15, 0.2) is 30.5 Å². The molecule has 7 rings (SSSR count). The van der Waals surface area contributed by atoms with Crippen molar-refractivity contribution in [2.75, 3.05) is 171 Å². The van der Waals surface area contributed by atoms with Gasteiger partial charge in [-0.1, -0.05) is 35.4 Å². The fourth-order valence-corrected chi connectivity index (χ4v) is 13.2. The monoisotopic (exact) mass is 1260 g/mol. The molecule has 5 atom stereocenters. The summed E-state index contributed by atoms with van der Waals surface area (Å²) in [4.78, 5) is 32.6. The van der Waals surface area contributed by atoms with E-state index in [1.54, 1.807) is 0 Å². The number of rotatable bonds is 46. The van der Waals surface area contributed by atoms with E-state index >= 15 is 0 Å². The Morgan fingerprint density at radius 1 is 0.714 bits per heavy atom. The molecule has 84 heavy (non-hydrogen) atoms. The largest absolute Gasteiger partial charge is 0.377 e. The molecule has 5 heterocycles. The van der Waals surface area contributed by atoms with Gasteiger partial charge in [-0.05, 0) is 76.5 Å². The molecule has 2 aromatic heterocycles. The molecule has 0 bridgehead atoms. The lowest BCUT2D eigenvalue weighted by Gasteiger charge is -2.46. The standard InChI is InChI=1S/C58H93ClN8O14S2.ClH/c1-44-45(2)83-57(61-44)47-9-13-49(14-10-47)67-41-53(81-42-50(67)39-46-7-11-48(59)12-8-46)51-40-66(65-64-51)16-18-71-20-22-73-24-26-75-28-30-77-32-34-79-36-38-80-37-35-78-33-31-76-29-27-74-25-23-72-21-19-70-17-15-60-55(68)6-4-3-5-54-56-52(43-82-54)62-58(69)63-56;/h7-8,11-12,40,47,49-50,52-54,56H,3-6,9-10,13-39,41-43H2,1-2H3,(H,60,68)(H2,62,63,69);1H/t47?,49?,50-,52-,53+,54-,56-;/m0./s1. The first kappa shape index (κ1) is 70.2. The zero-order valence-electron chi connectivity index (χ0n) is 49.4. The molecule has 3 amide bonds. The molecular formula is C58H94Cl2N8O14S2. The molecule has 1 aromatic carbocycles. The number of morpholine rings is 1. The molecule has 0 radical (unpaired) electrons. The summed E-state index contributed by atoms with van der Waals surface area (Å²) >= 11 is 9.99. The van der Waals surface area contributed by atoms with Crippen molar-refractivity contribution in [3.8, 4) is 0 Å². The van der Waals surface area contributed by atoms with Crippen molar-refractivity contribution in [1.29, 1.82) is 0 Å². The predicted molar refractivity (Wildman–Crippen MR) is 324 cm³/mol. The summed E-state index contributed by atoms with van der Waals surface area (Å²) in [5, 5.41) is 20.3. The van der Waals surface area contributed by atoms with Crippen LogP contribution in [0.1, 0.15) is 90.2 Å². The van der Waals surface area contributed by atoms with Gasteiger partial charge in [0.2, 0.25) is 5.91 Å². The number of thiazole rings is 1. The minimum absolute atomic E-state index is 0. The number of thioether (sulfide) groups is 1. The van der Waals surface area contributed by atoms with Gasteiger partial charge in [0.15, 0.2) is 0 Å². The molecule has 0 spiro atoms. The summed E-state index contributed by atoms with van der Waals surface area (Å²) in [6.45, 7) is 17.3. The molecule has 22 nitrogen and oxygen atoms in total. The van der Waals surface area contributed by atoms with E-state index in [4.69, 9.17) is 73.4 Å². The van der Waals surface area contributed by atoms with Crippen molar-refractivity contribution < 1.29 is 66.4 Å². The lowest BCUT2D eigenvalue weighted by molar-refractivity contribution is -0.121. The van der Waals surface area contributed by atoms with Crippen LogP contribution in [-0.4, -0.2) is 237 Å². The van der Waals surface area contributed by atoms with Crippen molar-refractivity contribution in [2.24, 2.45) is 0 Å². The van der Waals surface area contributed by atoms with Gasteiger partial charge in [-0.25, -0.2) is 14.5 Å². The highest BCUT2D eigenvalue weighted by molar-refractivity contribution is 8.00. The third-order valence-electron chi connectivity index (χ3n) is 15.0. The van der Waals surface area contributed by atoms with Crippen molar-refractivity contribution in [2.45, 2.75) is 120 Å². The molecule has 3 saturated heterocycles. The normalized spacial score (nSPS) is 21.6. The molecular weight excluding hydrogens is 1170 g/mol. The van der Waals surface area contributed by atoms with Crippen molar-refractivity contribution in [3.05, 3.63) is 62.3 Å². The van der Waals surface area contributed by atoms with Gasteiger partial charge in [0.05, 0.1) is 187 Å². The number of halogens is 2. The minimum Gasteiger partial charge on any atom is -0.377 e. The Morgan fingerprint density at radius 2 is 1.25 bits per heavy atom. The zero-order chi connectivity index (χ0) is 57.9. The van der Waals surface area contributed by atoms with Gasteiger partial charge in [0.1, 0.15) is 11.8 Å². The summed E-state index contributed by atoms with van der Waals surface area (Å²) < 4.78 is 69.9. The second-order valence-corrected chi connectivity index (χ2v) is 24.0. The van der Waals surface area contributed by atoms with Crippen LogP contribution in [0.5, 0.6) is 0 Å². The number of hydrogen-bond acceptors (Lipinski definition) is 20. The van der Waals surface area contributed by atoms with Crippen molar-refractivity contribution in [1.82, 2.24) is 40.8 Å². The lowest BCUT2D eigenvalue weighted by atomic mass is 9.84. The van der Waals surface area contributed by atoms with Crippen LogP contribution in [0.25, 0.3) is 0 Å². The van der Waals surface area contributed by atoms with E-state index < -0.39 is 0 Å². The minimum atomic E-state index is -0.141.